The molecule has 2 saturated carbocycles. The van der Waals surface area contributed by atoms with Crippen LogP contribution in [0.25, 0.3) is 28.0 Å². The average Bonchev–Trinajstić information content (AvgIpc) is 4.00. The first kappa shape index (κ1) is 43.5. The van der Waals surface area contributed by atoms with Crippen molar-refractivity contribution in [2.24, 2.45) is 11.3 Å². The highest BCUT2D eigenvalue weighted by Crippen LogP contribution is 2.39. The van der Waals surface area contributed by atoms with Crippen LogP contribution in [0.3, 0.4) is 0 Å². The SMILES string of the molecule is CCC1(C(=O)NC2CCC2)CCN(c2ccc(-c3nc(-c4cnn([C@H]5CC[C@H](CN6CCN(c7ccc(N[C@H]8CCC(=O)NC8=O)cc7F)CC6)CC5)c4)cn4ncc(C#N)c34)cn2)CC1. The number of imide groups is 1. The van der Waals surface area contributed by atoms with Gasteiger partial charge in [0.15, 0.2) is 0 Å². The summed E-state index contributed by atoms with van der Waals surface area (Å²) in [5.41, 5.74) is 4.85. The summed E-state index contributed by atoms with van der Waals surface area (Å²) in [6, 6.07) is 11.4. The van der Waals surface area contributed by atoms with Gasteiger partial charge in [-0.3, -0.25) is 29.3 Å². The molecule has 344 valence electrons. The average molecular weight is 896 g/mol. The van der Waals surface area contributed by atoms with Crippen LogP contribution in [-0.2, 0) is 14.4 Å². The van der Waals surface area contributed by atoms with E-state index in [1.807, 2.05) is 30.7 Å². The monoisotopic (exact) mass is 895 g/mol. The number of fused-ring (bicyclic) bond motifs is 1. The summed E-state index contributed by atoms with van der Waals surface area (Å²) in [4.78, 5) is 53.8. The van der Waals surface area contributed by atoms with Crippen molar-refractivity contribution < 1.29 is 18.8 Å². The van der Waals surface area contributed by atoms with E-state index in [0.29, 0.717) is 52.2 Å². The standard InChI is InChI=1S/C49H58FN13O3/c1-2-49(48(66)56-36-4-3-5-36)16-18-61(19-17-49)43-14-8-33(26-52-43)45-46-34(25-51)27-54-63(46)31-41(57-45)35-28-53-62(30-35)38-10-6-32(7-11-38)29-59-20-22-60(23-21-59)42-13-9-37(24-39(42)50)55-40-12-15-44(64)58-47(40)65/h8-9,13-14,24,26-28,30-32,36,38,40,55H,2-7,10-12,15-23,29H2,1H3,(H,56,66)(H,58,64,65)/t32-,38-,40-/m0/s1. The van der Waals surface area contributed by atoms with Crippen LogP contribution in [0.2, 0.25) is 0 Å². The summed E-state index contributed by atoms with van der Waals surface area (Å²) in [6.07, 6.45) is 19.9. The Bertz CT molecular complexity index is 2630. The second-order valence-corrected chi connectivity index (χ2v) is 19.1. The Kier molecular flexibility index (Phi) is 12.2. The zero-order valence-electron chi connectivity index (χ0n) is 37.6. The van der Waals surface area contributed by atoms with Gasteiger partial charge in [-0.2, -0.15) is 15.5 Å². The summed E-state index contributed by atoms with van der Waals surface area (Å²) in [5, 5.41) is 28.1. The summed E-state index contributed by atoms with van der Waals surface area (Å²) >= 11 is 0. The van der Waals surface area contributed by atoms with Crippen molar-refractivity contribution in [3.8, 4) is 28.6 Å². The molecule has 0 bridgehead atoms. The number of hydrogen-bond donors (Lipinski definition) is 3. The summed E-state index contributed by atoms with van der Waals surface area (Å²) < 4.78 is 19.1. The minimum absolute atomic E-state index is 0.212. The van der Waals surface area contributed by atoms with E-state index in [2.05, 4.69) is 59.6 Å². The summed E-state index contributed by atoms with van der Waals surface area (Å²) in [7, 11) is 0. The van der Waals surface area contributed by atoms with Gasteiger partial charge in [-0.15, -0.1) is 0 Å². The normalized spacial score (nSPS) is 22.7. The van der Waals surface area contributed by atoms with E-state index in [9.17, 15) is 19.6 Å². The Hall–Kier alpha value is -6.41. The van der Waals surface area contributed by atoms with E-state index >= 15 is 4.39 Å². The lowest BCUT2D eigenvalue weighted by atomic mass is 9.74. The Morgan fingerprint density at radius 3 is 2.39 bits per heavy atom. The largest absolute Gasteiger partial charge is 0.374 e. The number of rotatable bonds is 12. The molecule has 3 amide bonds. The predicted molar refractivity (Wildman–Crippen MR) is 248 cm³/mol. The molecule has 0 unspecified atom stereocenters. The van der Waals surface area contributed by atoms with E-state index in [4.69, 9.17) is 15.1 Å². The molecule has 3 aliphatic heterocycles. The van der Waals surface area contributed by atoms with Crippen LogP contribution in [0, 0.1) is 28.5 Å². The molecule has 16 nitrogen and oxygen atoms in total. The Balaban J connectivity index is 0.738. The lowest BCUT2D eigenvalue weighted by Gasteiger charge is -2.42. The van der Waals surface area contributed by atoms with E-state index in [1.165, 1.54) is 12.5 Å². The minimum Gasteiger partial charge on any atom is -0.374 e. The number of amides is 3. The zero-order valence-corrected chi connectivity index (χ0v) is 37.6. The van der Waals surface area contributed by atoms with Gasteiger partial charge >= 0.3 is 0 Å². The third-order valence-corrected chi connectivity index (χ3v) is 15.1. The topological polar surface area (TPSA) is 182 Å². The fourth-order valence-electron chi connectivity index (χ4n) is 10.6. The van der Waals surface area contributed by atoms with Crippen LogP contribution in [0.1, 0.15) is 95.6 Å². The van der Waals surface area contributed by atoms with Gasteiger partial charge in [-0.25, -0.2) is 18.9 Å². The Morgan fingerprint density at radius 1 is 0.909 bits per heavy atom. The van der Waals surface area contributed by atoms with Crippen molar-refractivity contribution in [2.75, 3.05) is 60.9 Å². The third-order valence-electron chi connectivity index (χ3n) is 15.1. The number of nitriles is 1. The van der Waals surface area contributed by atoms with E-state index in [1.54, 1.807) is 22.8 Å². The van der Waals surface area contributed by atoms with Crippen LogP contribution in [-0.4, -0.2) is 110 Å². The van der Waals surface area contributed by atoms with Gasteiger partial charge in [0.05, 0.1) is 47.1 Å². The number of piperidine rings is 2. The number of anilines is 3. The Labute approximate surface area is 383 Å². The van der Waals surface area contributed by atoms with E-state index in [0.717, 1.165) is 121 Å². The van der Waals surface area contributed by atoms with Crippen LogP contribution in [0.5, 0.6) is 0 Å². The maximum Gasteiger partial charge on any atom is 0.249 e. The molecule has 5 aliphatic rings. The number of nitrogens with zero attached hydrogens (tertiary/aromatic N) is 10. The van der Waals surface area contributed by atoms with Gasteiger partial charge in [0, 0.05) is 87.5 Å². The first-order valence-corrected chi connectivity index (χ1v) is 23.9. The van der Waals surface area contributed by atoms with Gasteiger partial charge in [-0.05, 0) is 107 Å². The molecular weight excluding hydrogens is 838 g/mol. The molecule has 5 aromatic rings. The van der Waals surface area contributed by atoms with Crippen molar-refractivity contribution in [2.45, 2.75) is 102 Å². The number of benzene rings is 1. The molecule has 0 spiro atoms. The number of carbonyl (C=O) groups excluding carboxylic acids is 3. The van der Waals surface area contributed by atoms with Crippen molar-refractivity contribution in [3.63, 3.8) is 0 Å². The van der Waals surface area contributed by atoms with Crippen molar-refractivity contribution >= 4 is 40.4 Å². The van der Waals surface area contributed by atoms with Gasteiger partial charge in [0.1, 0.15) is 34.8 Å². The molecule has 3 saturated heterocycles. The van der Waals surface area contributed by atoms with E-state index < -0.39 is 6.04 Å². The highest BCUT2D eigenvalue weighted by atomic mass is 19.1. The first-order chi connectivity index (χ1) is 32.1. The molecule has 1 atom stereocenters. The van der Waals surface area contributed by atoms with E-state index in [-0.39, 0.29) is 41.4 Å². The number of nitrogens with one attached hydrogen (secondary N) is 3. The van der Waals surface area contributed by atoms with Crippen LogP contribution in [0.15, 0.2) is 61.3 Å². The van der Waals surface area contributed by atoms with Crippen LogP contribution in [0.4, 0.5) is 21.6 Å². The van der Waals surface area contributed by atoms with Crippen molar-refractivity contribution in [3.05, 3.63) is 72.7 Å². The Morgan fingerprint density at radius 2 is 1.71 bits per heavy atom. The van der Waals surface area contributed by atoms with Gasteiger partial charge in [-0.1, -0.05) is 6.92 Å². The zero-order chi connectivity index (χ0) is 45.4. The molecule has 2 aliphatic carbocycles. The second-order valence-electron chi connectivity index (χ2n) is 19.1. The number of halogens is 1. The quantitative estimate of drug-likeness (QED) is 0.123. The summed E-state index contributed by atoms with van der Waals surface area (Å²) in [6.45, 7) is 7.88. The molecule has 10 rings (SSSR count). The molecule has 17 heteroatoms. The highest BCUT2D eigenvalue weighted by molar-refractivity contribution is 6.01. The van der Waals surface area contributed by atoms with Gasteiger partial charge in [0.25, 0.3) is 0 Å². The molecule has 0 radical (unpaired) electrons. The molecule has 7 heterocycles. The molecule has 5 fully saturated rings. The van der Waals surface area contributed by atoms with Crippen molar-refractivity contribution in [1.82, 2.24) is 44.9 Å². The molecule has 66 heavy (non-hydrogen) atoms. The third kappa shape index (κ3) is 8.82. The second kappa shape index (κ2) is 18.5. The minimum atomic E-state index is -0.555. The summed E-state index contributed by atoms with van der Waals surface area (Å²) in [5.74, 6) is 0.678. The number of pyridine rings is 1. The molecule has 4 aromatic heterocycles. The first-order valence-electron chi connectivity index (χ1n) is 23.9. The lowest BCUT2D eigenvalue weighted by Crippen LogP contribution is -2.52. The smallest absolute Gasteiger partial charge is 0.249 e. The highest BCUT2D eigenvalue weighted by Gasteiger charge is 2.41. The maximum atomic E-state index is 15.3. The number of piperazine rings is 1. The lowest BCUT2D eigenvalue weighted by molar-refractivity contribution is -0.134. The number of aromatic nitrogens is 6. The molecule has 1 aromatic carbocycles. The fourth-order valence-corrected chi connectivity index (χ4v) is 10.6. The predicted octanol–water partition coefficient (Wildman–Crippen LogP) is 6.10. The fraction of sp³-hybridized carbons (Fsp3) is 0.510. The molecular formula is C49H58FN13O3. The van der Waals surface area contributed by atoms with Crippen LogP contribution >= 0.6 is 0 Å². The maximum absolute atomic E-state index is 15.3. The molecule has 3 N–H and O–H groups in total. The number of hydrogen-bond acceptors (Lipinski definition) is 12. The van der Waals surface area contributed by atoms with Gasteiger partial charge in [0.2, 0.25) is 17.7 Å². The van der Waals surface area contributed by atoms with Crippen LogP contribution < -0.4 is 25.8 Å². The van der Waals surface area contributed by atoms with Crippen molar-refractivity contribution in [1.29, 1.82) is 5.26 Å². The van der Waals surface area contributed by atoms with Gasteiger partial charge < -0.3 is 20.4 Å². The number of carbonyl (C=O) groups is 3.